The first-order valence-corrected chi connectivity index (χ1v) is 9.86. The quantitative estimate of drug-likeness (QED) is 0.722. The van der Waals surface area contributed by atoms with Gasteiger partial charge >= 0.3 is 0 Å². The number of carbonyl (C=O) groups excluding carboxylic acids is 2. The zero-order valence-corrected chi connectivity index (χ0v) is 15.8. The average Bonchev–Trinajstić information content (AvgIpc) is 2.73. The van der Waals surface area contributed by atoms with Crippen LogP contribution in [0.2, 0.25) is 0 Å². The van der Waals surface area contributed by atoms with E-state index in [4.69, 9.17) is 0 Å². The molecule has 0 aliphatic carbocycles. The normalized spacial score (nSPS) is 14.7. The van der Waals surface area contributed by atoms with Gasteiger partial charge in [-0.3, -0.25) is 14.5 Å². The summed E-state index contributed by atoms with van der Waals surface area (Å²) in [6.07, 6.45) is 4.34. The van der Waals surface area contributed by atoms with Crippen molar-refractivity contribution >= 4 is 11.7 Å². The van der Waals surface area contributed by atoms with Crippen molar-refractivity contribution < 1.29 is 9.59 Å². The molecule has 0 unspecified atom stereocenters. The van der Waals surface area contributed by atoms with Gasteiger partial charge in [-0.05, 0) is 37.1 Å². The molecular formula is C23H28N2O2. The van der Waals surface area contributed by atoms with Crippen LogP contribution in [0.15, 0.2) is 54.6 Å². The maximum atomic E-state index is 12.2. The zero-order valence-electron chi connectivity index (χ0n) is 15.8. The van der Waals surface area contributed by atoms with Crippen molar-refractivity contribution in [1.29, 1.82) is 0 Å². The molecule has 4 nitrogen and oxygen atoms in total. The molecule has 3 rings (SSSR count). The summed E-state index contributed by atoms with van der Waals surface area (Å²) in [5, 5.41) is 2.97. The third kappa shape index (κ3) is 6.04. The molecule has 1 N–H and O–H groups in total. The van der Waals surface area contributed by atoms with Crippen molar-refractivity contribution in [2.24, 2.45) is 0 Å². The number of piperidine rings is 1. The molecule has 0 atom stereocenters. The summed E-state index contributed by atoms with van der Waals surface area (Å²) in [5.41, 5.74) is 3.10. The predicted octanol–water partition coefficient (Wildman–Crippen LogP) is 3.95. The number of ketones is 1. The van der Waals surface area contributed by atoms with E-state index in [-0.39, 0.29) is 24.5 Å². The molecule has 27 heavy (non-hydrogen) atoms. The number of nitrogens with one attached hydrogen (secondary N) is 1. The van der Waals surface area contributed by atoms with Crippen LogP contribution in [0.3, 0.4) is 0 Å². The Labute approximate surface area is 161 Å². The number of likely N-dealkylation sites (tertiary alicyclic amines) is 1. The molecule has 1 aliphatic rings. The molecular weight excluding hydrogens is 336 g/mol. The number of benzene rings is 2. The van der Waals surface area contributed by atoms with E-state index in [0.29, 0.717) is 12.1 Å². The fourth-order valence-corrected chi connectivity index (χ4v) is 3.52. The highest BCUT2D eigenvalue weighted by Crippen LogP contribution is 2.16. The Kier molecular flexibility index (Phi) is 7.17. The summed E-state index contributed by atoms with van der Waals surface area (Å²) in [6, 6.07) is 17.4. The van der Waals surface area contributed by atoms with Crippen LogP contribution in [0.25, 0.3) is 0 Å². The number of hydrogen-bond acceptors (Lipinski definition) is 3. The van der Waals surface area contributed by atoms with Crippen molar-refractivity contribution in [2.45, 2.75) is 45.2 Å². The van der Waals surface area contributed by atoms with Crippen LogP contribution in [0.1, 0.15) is 53.6 Å². The van der Waals surface area contributed by atoms with Gasteiger partial charge in [0.15, 0.2) is 5.78 Å². The summed E-state index contributed by atoms with van der Waals surface area (Å²) in [5.74, 6) is -0.0664. The molecule has 2 aromatic rings. The first-order chi connectivity index (χ1) is 13.2. The minimum Gasteiger partial charge on any atom is -0.352 e. The number of rotatable bonds is 8. The van der Waals surface area contributed by atoms with Gasteiger partial charge in [0.25, 0.3) is 0 Å². The molecule has 1 amide bonds. The molecule has 0 spiro atoms. The molecule has 142 valence electrons. The molecule has 2 aromatic carbocycles. The maximum absolute atomic E-state index is 12.2. The molecule has 4 heteroatoms. The van der Waals surface area contributed by atoms with E-state index in [1.807, 2.05) is 24.3 Å². The Balaban J connectivity index is 1.48. The number of hydrogen-bond donors (Lipinski definition) is 1. The SMILES string of the molecule is O=C(CCC(=O)c1ccccc1)NCc1ccccc1CN1CCCCC1. The van der Waals surface area contributed by atoms with E-state index in [0.717, 1.165) is 25.2 Å². The number of amides is 1. The van der Waals surface area contributed by atoms with Gasteiger partial charge in [0.05, 0.1) is 0 Å². The van der Waals surface area contributed by atoms with Crippen molar-refractivity contribution in [3.8, 4) is 0 Å². The minimum atomic E-state index is -0.0768. The summed E-state index contributed by atoms with van der Waals surface area (Å²) in [7, 11) is 0. The van der Waals surface area contributed by atoms with Crippen LogP contribution >= 0.6 is 0 Å². The van der Waals surface area contributed by atoms with E-state index >= 15 is 0 Å². The highest BCUT2D eigenvalue weighted by Gasteiger charge is 2.13. The zero-order chi connectivity index (χ0) is 18.9. The molecule has 1 aliphatic heterocycles. The smallest absolute Gasteiger partial charge is 0.220 e. The van der Waals surface area contributed by atoms with Crippen LogP contribution in [-0.2, 0) is 17.9 Å². The fraction of sp³-hybridized carbons (Fsp3) is 0.391. The van der Waals surface area contributed by atoms with Crippen molar-refractivity contribution in [3.05, 3.63) is 71.3 Å². The Morgan fingerprint density at radius 2 is 1.48 bits per heavy atom. The summed E-state index contributed by atoms with van der Waals surface area (Å²) in [6.45, 7) is 3.77. The van der Waals surface area contributed by atoms with Gasteiger partial charge in [0.2, 0.25) is 5.91 Å². The monoisotopic (exact) mass is 364 g/mol. The van der Waals surface area contributed by atoms with Crippen LogP contribution in [0, 0.1) is 0 Å². The predicted molar refractivity (Wildman–Crippen MR) is 107 cm³/mol. The maximum Gasteiger partial charge on any atom is 0.220 e. The van der Waals surface area contributed by atoms with E-state index in [2.05, 4.69) is 28.4 Å². The van der Waals surface area contributed by atoms with Gasteiger partial charge in [0, 0.05) is 31.5 Å². The third-order valence-corrected chi connectivity index (χ3v) is 5.11. The molecule has 0 bridgehead atoms. The van der Waals surface area contributed by atoms with Gasteiger partial charge in [-0.25, -0.2) is 0 Å². The lowest BCUT2D eigenvalue weighted by Gasteiger charge is -2.27. The summed E-state index contributed by atoms with van der Waals surface area (Å²) < 4.78 is 0. The molecule has 0 saturated carbocycles. The molecule has 1 heterocycles. The molecule has 0 aromatic heterocycles. The van der Waals surface area contributed by atoms with E-state index in [9.17, 15) is 9.59 Å². The Morgan fingerprint density at radius 3 is 2.22 bits per heavy atom. The van der Waals surface area contributed by atoms with Gasteiger partial charge < -0.3 is 5.32 Å². The van der Waals surface area contributed by atoms with Crippen LogP contribution in [-0.4, -0.2) is 29.7 Å². The van der Waals surface area contributed by atoms with Gasteiger partial charge in [-0.15, -0.1) is 0 Å². The molecule has 0 radical (unpaired) electrons. The summed E-state index contributed by atoms with van der Waals surface area (Å²) in [4.78, 5) is 26.8. The first kappa shape index (κ1) is 19.3. The largest absolute Gasteiger partial charge is 0.352 e. The van der Waals surface area contributed by atoms with Crippen molar-refractivity contribution in [1.82, 2.24) is 10.2 Å². The van der Waals surface area contributed by atoms with E-state index < -0.39 is 0 Å². The number of nitrogens with zero attached hydrogens (tertiary/aromatic N) is 1. The Hall–Kier alpha value is -2.46. The van der Waals surface area contributed by atoms with E-state index in [1.54, 1.807) is 12.1 Å². The first-order valence-electron chi connectivity index (χ1n) is 9.86. The lowest BCUT2D eigenvalue weighted by molar-refractivity contribution is -0.121. The lowest BCUT2D eigenvalue weighted by Crippen LogP contribution is -2.30. The lowest BCUT2D eigenvalue weighted by atomic mass is 10.0. The highest BCUT2D eigenvalue weighted by molar-refractivity contribution is 5.97. The van der Waals surface area contributed by atoms with Crippen molar-refractivity contribution in [2.75, 3.05) is 13.1 Å². The van der Waals surface area contributed by atoms with Crippen LogP contribution < -0.4 is 5.32 Å². The average molecular weight is 364 g/mol. The fourth-order valence-electron chi connectivity index (χ4n) is 3.52. The Bertz CT molecular complexity index is 752. The molecule has 1 fully saturated rings. The second kappa shape index (κ2) is 10.0. The standard InChI is InChI=1S/C23H28N2O2/c26-22(19-9-3-1-4-10-19)13-14-23(27)24-17-20-11-5-6-12-21(20)18-25-15-7-2-8-16-25/h1,3-6,9-12H,2,7-8,13-18H2,(H,24,27). The second-order valence-corrected chi connectivity index (χ2v) is 7.17. The van der Waals surface area contributed by atoms with Crippen LogP contribution in [0.5, 0.6) is 0 Å². The highest BCUT2D eigenvalue weighted by atomic mass is 16.2. The summed E-state index contributed by atoms with van der Waals surface area (Å²) >= 11 is 0. The van der Waals surface area contributed by atoms with Gasteiger partial charge in [-0.2, -0.15) is 0 Å². The third-order valence-electron chi connectivity index (χ3n) is 5.11. The number of carbonyl (C=O) groups is 2. The van der Waals surface area contributed by atoms with E-state index in [1.165, 1.54) is 24.8 Å². The van der Waals surface area contributed by atoms with Crippen molar-refractivity contribution in [3.63, 3.8) is 0 Å². The van der Waals surface area contributed by atoms with Gasteiger partial charge in [0.1, 0.15) is 0 Å². The Morgan fingerprint density at radius 1 is 0.815 bits per heavy atom. The van der Waals surface area contributed by atoms with Crippen LogP contribution in [0.4, 0.5) is 0 Å². The minimum absolute atomic E-state index is 0.0104. The second-order valence-electron chi connectivity index (χ2n) is 7.17. The number of Topliss-reactive ketones (excluding diaryl/α,β-unsaturated/α-hetero) is 1. The topological polar surface area (TPSA) is 49.4 Å². The van der Waals surface area contributed by atoms with Gasteiger partial charge in [-0.1, -0.05) is 61.0 Å². The molecule has 1 saturated heterocycles.